The Balaban J connectivity index is 0.000000255. The highest BCUT2D eigenvalue weighted by molar-refractivity contribution is 5.15. The summed E-state index contributed by atoms with van der Waals surface area (Å²) in [5.74, 6) is 0. The molecule has 22 heavy (non-hydrogen) atoms. The lowest BCUT2D eigenvalue weighted by molar-refractivity contribution is -0.136. The van der Waals surface area contributed by atoms with E-state index < -0.39 is 0 Å². The fourth-order valence-corrected chi connectivity index (χ4v) is 2.59. The topological polar surface area (TPSA) is 46.9 Å². The van der Waals surface area contributed by atoms with Gasteiger partial charge in [-0.1, -0.05) is 43.7 Å². The van der Waals surface area contributed by atoms with Crippen LogP contribution in [0.2, 0.25) is 0 Å². The van der Waals surface area contributed by atoms with Crippen molar-refractivity contribution in [1.82, 2.24) is 10.1 Å². The van der Waals surface area contributed by atoms with Crippen molar-refractivity contribution in [3.05, 3.63) is 35.9 Å². The van der Waals surface area contributed by atoms with E-state index in [1.54, 1.807) is 0 Å². The summed E-state index contributed by atoms with van der Waals surface area (Å²) in [6, 6.07) is 10.8. The van der Waals surface area contributed by atoms with Crippen LogP contribution in [0, 0.1) is 0 Å². The Bertz CT molecular complexity index is 376. The van der Waals surface area contributed by atoms with Gasteiger partial charge in [0.25, 0.3) is 0 Å². The second kappa shape index (κ2) is 10.7. The van der Waals surface area contributed by atoms with Crippen molar-refractivity contribution < 1.29 is 10.4 Å². The zero-order chi connectivity index (χ0) is 16.4. The monoisotopic (exact) mass is 308 g/mol. The Labute approximate surface area is 135 Å². The number of piperidine rings is 1. The molecule has 0 saturated carbocycles. The van der Waals surface area contributed by atoms with Gasteiger partial charge in [0, 0.05) is 25.2 Å². The number of hydrogen-bond acceptors (Lipinski definition) is 4. The van der Waals surface area contributed by atoms with E-state index in [1.807, 2.05) is 25.1 Å². The van der Waals surface area contributed by atoms with Crippen molar-refractivity contribution in [2.75, 3.05) is 13.1 Å². The van der Waals surface area contributed by atoms with Crippen LogP contribution in [0.15, 0.2) is 30.3 Å². The Morgan fingerprint density at radius 1 is 1.27 bits per heavy atom. The molecule has 0 amide bonds. The van der Waals surface area contributed by atoms with Gasteiger partial charge >= 0.3 is 0 Å². The molecule has 1 aliphatic heterocycles. The minimum atomic E-state index is 0.192. The average molecular weight is 308 g/mol. The minimum absolute atomic E-state index is 0.192. The van der Waals surface area contributed by atoms with Gasteiger partial charge in [-0.15, -0.1) is 0 Å². The Morgan fingerprint density at radius 2 is 1.95 bits per heavy atom. The molecule has 0 bridgehead atoms. The summed E-state index contributed by atoms with van der Waals surface area (Å²) in [6.45, 7) is 7.77. The maximum atomic E-state index is 9.61. The Kier molecular flexibility index (Phi) is 9.32. The van der Waals surface area contributed by atoms with E-state index in [0.717, 1.165) is 38.8 Å². The zero-order valence-electron chi connectivity index (χ0n) is 14.3. The summed E-state index contributed by atoms with van der Waals surface area (Å²) < 4.78 is 0. The van der Waals surface area contributed by atoms with Crippen molar-refractivity contribution >= 4 is 0 Å². The standard InChI is InChI=1S/C12H19NO.C6H13NO/c1-3-9-13(14)11(2)10-12-7-5-4-6-8-12;1-6-4-2-3-5-7(6)8/h4-8,11,14H,3,9-10H2,1-2H3;6,8H,2-5H2,1H3. The summed E-state index contributed by atoms with van der Waals surface area (Å²) in [7, 11) is 0. The molecule has 1 saturated heterocycles. The fraction of sp³-hybridized carbons (Fsp3) is 0.667. The van der Waals surface area contributed by atoms with Crippen molar-refractivity contribution in [1.29, 1.82) is 0 Å². The third kappa shape index (κ3) is 7.36. The Morgan fingerprint density at radius 3 is 2.45 bits per heavy atom. The maximum Gasteiger partial charge on any atom is 0.0362 e. The molecule has 0 spiro atoms. The molecule has 0 aromatic heterocycles. The zero-order valence-corrected chi connectivity index (χ0v) is 14.3. The van der Waals surface area contributed by atoms with Gasteiger partial charge in [0.1, 0.15) is 0 Å². The molecule has 0 radical (unpaired) electrons. The predicted molar refractivity (Wildman–Crippen MR) is 90.2 cm³/mol. The molecule has 1 aromatic rings. The van der Waals surface area contributed by atoms with Crippen LogP contribution in [0.1, 0.15) is 52.0 Å². The van der Waals surface area contributed by atoms with Crippen molar-refractivity contribution in [3.63, 3.8) is 0 Å². The molecule has 1 aromatic carbocycles. The highest BCUT2D eigenvalue weighted by Gasteiger charge is 2.14. The normalized spacial score (nSPS) is 20.4. The van der Waals surface area contributed by atoms with E-state index in [2.05, 4.69) is 26.0 Å². The fourth-order valence-electron chi connectivity index (χ4n) is 2.59. The highest BCUT2D eigenvalue weighted by atomic mass is 16.5. The van der Waals surface area contributed by atoms with Crippen molar-refractivity contribution in [2.24, 2.45) is 0 Å². The molecule has 2 rings (SSSR count). The third-order valence-corrected chi connectivity index (χ3v) is 4.10. The summed E-state index contributed by atoms with van der Waals surface area (Å²) in [6.07, 6.45) is 5.46. The van der Waals surface area contributed by atoms with Gasteiger partial charge in [-0.05, 0) is 45.1 Å². The third-order valence-electron chi connectivity index (χ3n) is 4.10. The smallest absolute Gasteiger partial charge is 0.0362 e. The molecule has 2 unspecified atom stereocenters. The largest absolute Gasteiger partial charge is 0.314 e. The lowest BCUT2D eigenvalue weighted by Crippen LogP contribution is -2.34. The predicted octanol–water partition coefficient (Wildman–Crippen LogP) is 3.97. The van der Waals surface area contributed by atoms with Gasteiger partial charge < -0.3 is 10.4 Å². The van der Waals surface area contributed by atoms with Gasteiger partial charge in [-0.2, -0.15) is 10.1 Å². The van der Waals surface area contributed by atoms with Crippen LogP contribution >= 0.6 is 0 Å². The van der Waals surface area contributed by atoms with Crippen LogP contribution < -0.4 is 0 Å². The molecule has 4 heteroatoms. The first-order valence-electron chi connectivity index (χ1n) is 8.49. The molecule has 126 valence electrons. The molecule has 0 aliphatic carbocycles. The number of benzene rings is 1. The van der Waals surface area contributed by atoms with E-state index in [0.29, 0.717) is 6.04 Å². The van der Waals surface area contributed by atoms with Crippen LogP contribution in [0.3, 0.4) is 0 Å². The van der Waals surface area contributed by atoms with Crippen LogP contribution in [-0.2, 0) is 6.42 Å². The maximum absolute atomic E-state index is 9.61. The van der Waals surface area contributed by atoms with Crippen molar-refractivity contribution in [3.8, 4) is 0 Å². The van der Waals surface area contributed by atoms with Gasteiger partial charge in [-0.3, -0.25) is 0 Å². The van der Waals surface area contributed by atoms with E-state index in [4.69, 9.17) is 5.21 Å². The number of hydrogen-bond donors (Lipinski definition) is 2. The van der Waals surface area contributed by atoms with Crippen LogP contribution in [0.25, 0.3) is 0 Å². The minimum Gasteiger partial charge on any atom is -0.314 e. The number of nitrogens with zero attached hydrogens (tertiary/aromatic N) is 2. The SMILES string of the molecule is CC1CCCCN1O.CCCN(O)C(C)Cc1ccccc1. The highest BCUT2D eigenvalue weighted by Crippen LogP contribution is 2.12. The second-order valence-corrected chi connectivity index (χ2v) is 6.21. The van der Waals surface area contributed by atoms with Gasteiger partial charge in [0.15, 0.2) is 0 Å². The quantitative estimate of drug-likeness (QED) is 0.808. The van der Waals surface area contributed by atoms with Crippen LogP contribution in [0.5, 0.6) is 0 Å². The Hall–Kier alpha value is -0.940. The lowest BCUT2D eigenvalue weighted by Gasteiger charge is -2.26. The van der Waals surface area contributed by atoms with Gasteiger partial charge in [-0.25, -0.2) is 0 Å². The van der Waals surface area contributed by atoms with E-state index in [-0.39, 0.29) is 6.04 Å². The van der Waals surface area contributed by atoms with Gasteiger partial charge in [0.2, 0.25) is 0 Å². The molecular weight excluding hydrogens is 276 g/mol. The molecular formula is C18H32N2O2. The number of rotatable bonds is 5. The summed E-state index contributed by atoms with van der Waals surface area (Å²) in [5, 5.41) is 21.5. The van der Waals surface area contributed by atoms with Crippen molar-refractivity contribution in [2.45, 2.75) is 65.0 Å². The van der Waals surface area contributed by atoms with E-state index >= 15 is 0 Å². The summed E-state index contributed by atoms with van der Waals surface area (Å²) in [4.78, 5) is 0. The molecule has 1 heterocycles. The van der Waals surface area contributed by atoms with E-state index in [1.165, 1.54) is 22.1 Å². The summed E-state index contributed by atoms with van der Waals surface area (Å²) >= 11 is 0. The van der Waals surface area contributed by atoms with Gasteiger partial charge in [0.05, 0.1) is 0 Å². The molecule has 1 aliphatic rings. The second-order valence-electron chi connectivity index (χ2n) is 6.21. The molecule has 2 N–H and O–H groups in total. The average Bonchev–Trinajstić information content (AvgIpc) is 2.52. The summed E-state index contributed by atoms with van der Waals surface area (Å²) in [5.41, 5.74) is 1.27. The molecule has 4 nitrogen and oxygen atoms in total. The lowest BCUT2D eigenvalue weighted by atomic mass is 10.1. The van der Waals surface area contributed by atoms with E-state index in [9.17, 15) is 5.21 Å². The first-order valence-corrected chi connectivity index (χ1v) is 8.49. The number of hydroxylamine groups is 4. The van der Waals surface area contributed by atoms with Crippen LogP contribution in [-0.4, -0.2) is 45.7 Å². The molecule has 1 fully saturated rings. The first kappa shape index (κ1) is 19.1. The first-order chi connectivity index (χ1) is 10.5. The molecule has 2 atom stereocenters. The van der Waals surface area contributed by atoms with Crippen LogP contribution in [0.4, 0.5) is 0 Å².